The number of Topliss-reactive ketones (excluding diaryl/α,β-unsaturated/α-hetero) is 1. The van der Waals surface area contributed by atoms with Gasteiger partial charge in [0.05, 0.1) is 5.56 Å². The summed E-state index contributed by atoms with van der Waals surface area (Å²) >= 11 is 0. The summed E-state index contributed by atoms with van der Waals surface area (Å²) in [7, 11) is 0. The number of halogens is 3. The lowest BCUT2D eigenvalue weighted by Crippen LogP contribution is -2.05. The third-order valence-corrected chi connectivity index (χ3v) is 3.89. The number of nitrogens with zero attached hydrogens (tertiary/aromatic N) is 2. The summed E-state index contributed by atoms with van der Waals surface area (Å²) in [5, 5.41) is 6.01. The van der Waals surface area contributed by atoms with Gasteiger partial charge in [0.2, 0.25) is 5.95 Å². The number of rotatable bonds is 5. The van der Waals surface area contributed by atoms with Crippen molar-refractivity contribution in [3.8, 4) is 0 Å². The van der Waals surface area contributed by atoms with E-state index in [0.29, 0.717) is 34.4 Å². The predicted octanol–water partition coefficient (Wildman–Crippen LogP) is 5.49. The molecule has 0 aliphatic carbocycles. The fourth-order valence-corrected chi connectivity index (χ4v) is 2.50. The predicted molar refractivity (Wildman–Crippen MR) is 101 cm³/mol. The van der Waals surface area contributed by atoms with Crippen LogP contribution in [0.4, 0.5) is 36.3 Å². The van der Waals surface area contributed by atoms with Crippen molar-refractivity contribution in [2.75, 3.05) is 10.6 Å². The number of hydrogen-bond acceptors (Lipinski definition) is 5. The summed E-state index contributed by atoms with van der Waals surface area (Å²) in [6.45, 7) is 3.27. The Hall–Kier alpha value is -3.42. The van der Waals surface area contributed by atoms with Crippen LogP contribution in [0.5, 0.6) is 0 Å². The van der Waals surface area contributed by atoms with Crippen LogP contribution < -0.4 is 10.6 Å². The molecule has 0 aliphatic rings. The van der Waals surface area contributed by atoms with Crippen molar-refractivity contribution in [2.24, 2.45) is 0 Å². The maximum Gasteiger partial charge on any atom is 0.416 e. The van der Waals surface area contributed by atoms with Crippen LogP contribution >= 0.6 is 0 Å². The minimum atomic E-state index is -4.38. The van der Waals surface area contributed by atoms with Crippen LogP contribution in [0.3, 0.4) is 0 Å². The third kappa shape index (κ3) is 4.85. The van der Waals surface area contributed by atoms with Gasteiger partial charge in [0, 0.05) is 28.7 Å². The smallest absolute Gasteiger partial charge is 0.340 e. The molecule has 0 amide bonds. The minimum Gasteiger partial charge on any atom is -0.340 e. The molecule has 28 heavy (non-hydrogen) atoms. The Morgan fingerprint density at radius 3 is 2.04 bits per heavy atom. The molecule has 5 nitrogen and oxygen atoms in total. The van der Waals surface area contributed by atoms with Crippen LogP contribution in [-0.2, 0) is 6.18 Å². The zero-order chi connectivity index (χ0) is 20.3. The van der Waals surface area contributed by atoms with Gasteiger partial charge in [0.1, 0.15) is 5.82 Å². The molecule has 3 rings (SSSR count). The van der Waals surface area contributed by atoms with E-state index in [1.165, 1.54) is 19.1 Å². The highest BCUT2D eigenvalue weighted by molar-refractivity contribution is 5.94. The van der Waals surface area contributed by atoms with Gasteiger partial charge in [0.25, 0.3) is 0 Å². The number of aryl methyl sites for hydroxylation is 1. The van der Waals surface area contributed by atoms with E-state index in [1.54, 1.807) is 37.3 Å². The fourth-order valence-electron chi connectivity index (χ4n) is 2.50. The highest BCUT2D eigenvalue weighted by Crippen LogP contribution is 2.30. The van der Waals surface area contributed by atoms with Crippen molar-refractivity contribution in [3.63, 3.8) is 0 Å². The first-order chi connectivity index (χ1) is 13.2. The summed E-state index contributed by atoms with van der Waals surface area (Å²) in [4.78, 5) is 20.0. The SMILES string of the molecule is CC(=O)c1ccc(Nc2nc(C)cc(Nc3ccc(C(F)(F)F)cc3)n2)cc1. The molecular formula is C20H17F3N4O. The first-order valence-corrected chi connectivity index (χ1v) is 8.39. The molecule has 3 aromatic rings. The van der Waals surface area contributed by atoms with E-state index in [0.717, 1.165) is 12.1 Å². The fraction of sp³-hybridized carbons (Fsp3) is 0.150. The Labute approximate surface area is 159 Å². The molecular weight excluding hydrogens is 369 g/mol. The Morgan fingerprint density at radius 1 is 0.893 bits per heavy atom. The van der Waals surface area contributed by atoms with Crippen molar-refractivity contribution in [1.82, 2.24) is 9.97 Å². The van der Waals surface area contributed by atoms with Crippen LogP contribution in [0.2, 0.25) is 0 Å². The lowest BCUT2D eigenvalue weighted by atomic mass is 10.1. The van der Waals surface area contributed by atoms with E-state index in [9.17, 15) is 18.0 Å². The maximum absolute atomic E-state index is 12.7. The average Bonchev–Trinajstić information content (AvgIpc) is 2.61. The van der Waals surface area contributed by atoms with Crippen LogP contribution in [0, 0.1) is 6.92 Å². The minimum absolute atomic E-state index is 0.0265. The van der Waals surface area contributed by atoms with Crippen molar-refractivity contribution in [2.45, 2.75) is 20.0 Å². The Balaban J connectivity index is 1.76. The van der Waals surface area contributed by atoms with Crippen LogP contribution in [0.25, 0.3) is 0 Å². The van der Waals surface area contributed by atoms with Gasteiger partial charge in [-0.3, -0.25) is 4.79 Å². The molecule has 0 fully saturated rings. The van der Waals surface area contributed by atoms with E-state index in [1.807, 2.05) is 0 Å². The van der Waals surface area contributed by atoms with Crippen LogP contribution in [0.1, 0.15) is 28.5 Å². The number of anilines is 4. The summed E-state index contributed by atoms with van der Waals surface area (Å²) < 4.78 is 38.0. The third-order valence-electron chi connectivity index (χ3n) is 3.89. The normalized spacial score (nSPS) is 11.2. The molecule has 1 aromatic heterocycles. The molecule has 0 spiro atoms. The summed E-state index contributed by atoms with van der Waals surface area (Å²) in [5.74, 6) is 0.737. The summed E-state index contributed by atoms with van der Waals surface area (Å²) in [6, 6.07) is 13.3. The zero-order valence-electron chi connectivity index (χ0n) is 15.1. The lowest BCUT2D eigenvalue weighted by Gasteiger charge is -2.11. The summed E-state index contributed by atoms with van der Waals surface area (Å²) in [5.41, 5.74) is 1.74. The number of carbonyl (C=O) groups is 1. The lowest BCUT2D eigenvalue weighted by molar-refractivity contribution is -0.137. The van der Waals surface area contributed by atoms with Gasteiger partial charge in [-0.05, 0) is 62.4 Å². The second kappa shape index (κ2) is 7.67. The molecule has 0 aliphatic heterocycles. The van der Waals surface area contributed by atoms with Gasteiger partial charge < -0.3 is 10.6 Å². The molecule has 0 atom stereocenters. The van der Waals surface area contributed by atoms with Crippen molar-refractivity contribution in [3.05, 3.63) is 71.4 Å². The highest BCUT2D eigenvalue weighted by atomic mass is 19.4. The van der Waals surface area contributed by atoms with Gasteiger partial charge in [-0.25, -0.2) is 4.98 Å². The van der Waals surface area contributed by atoms with E-state index < -0.39 is 11.7 Å². The average molecular weight is 386 g/mol. The molecule has 0 radical (unpaired) electrons. The Kier molecular flexibility index (Phi) is 5.30. The topological polar surface area (TPSA) is 66.9 Å². The molecule has 0 saturated carbocycles. The highest BCUT2D eigenvalue weighted by Gasteiger charge is 2.29. The van der Waals surface area contributed by atoms with E-state index in [2.05, 4.69) is 20.6 Å². The molecule has 0 bridgehead atoms. The van der Waals surface area contributed by atoms with E-state index >= 15 is 0 Å². The number of nitrogens with one attached hydrogen (secondary N) is 2. The first kappa shape index (κ1) is 19.3. The van der Waals surface area contributed by atoms with Crippen LogP contribution in [0.15, 0.2) is 54.6 Å². The number of aromatic nitrogens is 2. The molecule has 0 unspecified atom stereocenters. The quantitative estimate of drug-likeness (QED) is 0.567. The van der Waals surface area contributed by atoms with E-state index in [-0.39, 0.29) is 5.78 Å². The Morgan fingerprint density at radius 2 is 1.46 bits per heavy atom. The van der Waals surface area contributed by atoms with E-state index in [4.69, 9.17) is 0 Å². The number of benzene rings is 2. The first-order valence-electron chi connectivity index (χ1n) is 8.39. The second-order valence-corrected chi connectivity index (χ2v) is 6.18. The number of ketones is 1. The monoisotopic (exact) mass is 386 g/mol. The number of alkyl halides is 3. The molecule has 0 saturated heterocycles. The van der Waals surface area contributed by atoms with Gasteiger partial charge in [0.15, 0.2) is 5.78 Å². The van der Waals surface area contributed by atoms with Gasteiger partial charge in [-0.2, -0.15) is 18.2 Å². The summed E-state index contributed by atoms with van der Waals surface area (Å²) in [6.07, 6.45) is -4.38. The standard InChI is InChI=1S/C20H17F3N4O/c1-12-11-18(25-16-9-5-15(6-10-16)20(21,22)23)27-19(24-12)26-17-7-3-14(4-8-17)13(2)28/h3-11H,1-2H3,(H2,24,25,26,27). The maximum atomic E-state index is 12.7. The molecule has 2 aromatic carbocycles. The molecule has 1 heterocycles. The van der Waals surface area contributed by atoms with Crippen LogP contribution in [-0.4, -0.2) is 15.8 Å². The second-order valence-electron chi connectivity index (χ2n) is 6.18. The zero-order valence-corrected chi connectivity index (χ0v) is 15.1. The van der Waals surface area contributed by atoms with Gasteiger partial charge in [-0.1, -0.05) is 0 Å². The Bertz CT molecular complexity index is 984. The van der Waals surface area contributed by atoms with Gasteiger partial charge >= 0.3 is 6.18 Å². The molecule has 8 heteroatoms. The number of hydrogen-bond donors (Lipinski definition) is 2. The van der Waals surface area contributed by atoms with Crippen molar-refractivity contribution >= 4 is 28.9 Å². The molecule has 144 valence electrons. The van der Waals surface area contributed by atoms with Gasteiger partial charge in [-0.15, -0.1) is 0 Å². The number of carbonyl (C=O) groups excluding carboxylic acids is 1. The largest absolute Gasteiger partial charge is 0.416 e. The van der Waals surface area contributed by atoms with Crippen molar-refractivity contribution < 1.29 is 18.0 Å². The van der Waals surface area contributed by atoms with Crippen molar-refractivity contribution in [1.29, 1.82) is 0 Å². The molecule has 2 N–H and O–H groups in total.